The largest absolute Gasteiger partial charge is 0.493 e. The number of fused-ring (bicyclic) bond motifs is 1. The molecule has 1 heterocycles. The zero-order valence-electron chi connectivity index (χ0n) is 14.2. The van der Waals surface area contributed by atoms with Crippen molar-refractivity contribution in [1.29, 1.82) is 0 Å². The van der Waals surface area contributed by atoms with Gasteiger partial charge in [-0.25, -0.2) is 0 Å². The number of allylic oxidation sites excluding steroid dienone is 1. The van der Waals surface area contributed by atoms with Crippen molar-refractivity contribution in [2.24, 2.45) is 0 Å². The lowest BCUT2D eigenvalue weighted by atomic mass is 10.0. The molecule has 0 spiro atoms. The van der Waals surface area contributed by atoms with Gasteiger partial charge in [0.25, 0.3) is 0 Å². The van der Waals surface area contributed by atoms with Crippen LogP contribution in [-0.4, -0.2) is 20.3 Å². The Morgan fingerprint density at radius 2 is 1.79 bits per heavy atom. The van der Waals surface area contributed by atoms with Crippen LogP contribution in [0.3, 0.4) is 0 Å². The van der Waals surface area contributed by atoms with Crippen LogP contribution in [0.5, 0.6) is 23.0 Å². The molecule has 24 heavy (non-hydrogen) atoms. The van der Waals surface area contributed by atoms with Crippen LogP contribution in [0.2, 0.25) is 0 Å². The van der Waals surface area contributed by atoms with Crippen molar-refractivity contribution in [1.82, 2.24) is 0 Å². The van der Waals surface area contributed by atoms with Gasteiger partial charge in [-0.3, -0.25) is 0 Å². The molecule has 2 atom stereocenters. The van der Waals surface area contributed by atoms with Crippen molar-refractivity contribution in [3.05, 3.63) is 60.2 Å². The fourth-order valence-electron chi connectivity index (χ4n) is 2.90. The molecule has 0 saturated carbocycles. The van der Waals surface area contributed by atoms with Gasteiger partial charge in [-0.05, 0) is 43.2 Å². The fraction of sp³-hybridized carbons (Fsp3) is 0.300. The van der Waals surface area contributed by atoms with Crippen molar-refractivity contribution in [2.45, 2.75) is 25.6 Å². The third-order valence-corrected chi connectivity index (χ3v) is 4.12. The van der Waals surface area contributed by atoms with Crippen molar-refractivity contribution >= 4 is 0 Å². The molecule has 0 aromatic heterocycles. The Balaban J connectivity index is 1.92. The molecule has 4 heteroatoms. The number of methoxy groups -OCH3 is 2. The van der Waals surface area contributed by atoms with E-state index in [1.165, 1.54) is 0 Å². The highest BCUT2D eigenvalue weighted by molar-refractivity contribution is 5.47. The van der Waals surface area contributed by atoms with Crippen molar-refractivity contribution < 1.29 is 18.9 Å². The average molecular weight is 326 g/mol. The Kier molecular flexibility index (Phi) is 4.65. The molecule has 2 aromatic carbocycles. The van der Waals surface area contributed by atoms with Crippen LogP contribution in [0.1, 0.15) is 24.2 Å². The van der Waals surface area contributed by atoms with E-state index in [1.807, 2.05) is 49.4 Å². The smallest absolute Gasteiger partial charge is 0.162 e. The maximum Gasteiger partial charge on any atom is 0.162 e. The summed E-state index contributed by atoms with van der Waals surface area (Å²) in [6.07, 6.45) is 2.35. The summed E-state index contributed by atoms with van der Waals surface area (Å²) in [4.78, 5) is 0. The fourth-order valence-corrected chi connectivity index (χ4v) is 2.90. The summed E-state index contributed by atoms with van der Waals surface area (Å²) in [5.74, 6) is 2.90. The molecule has 0 N–H and O–H groups in total. The molecule has 0 aliphatic carbocycles. The second kappa shape index (κ2) is 6.87. The van der Waals surface area contributed by atoms with Crippen molar-refractivity contribution in [2.75, 3.05) is 14.2 Å². The van der Waals surface area contributed by atoms with Gasteiger partial charge in [0, 0.05) is 5.56 Å². The first-order valence-corrected chi connectivity index (χ1v) is 7.95. The standard InChI is InChI=1S/C20H22O4/c1-5-6-14-7-9-17-19(11-14)24-20(13(2)23-17)15-8-10-16(21-3)18(12-15)22-4/h5,7-13,20H,1,6H2,2-4H3/t13-,20-/m0/s1. The van der Waals surface area contributed by atoms with E-state index in [-0.39, 0.29) is 12.2 Å². The van der Waals surface area contributed by atoms with Gasteiger partial charge in [-0.2, -0.15) is 0 Å². The van der Waals surface area contributed by atoms with E-state index in [0.29, 0.717) is 11.5 Å². The van der Waals surface area contributed by atoms with Gasteiger partial charge in [0.1, 0.15) is 6.10 Å². The summed E-state index contributed by atoms with van der Waals surface area (Å²) >= 11 is 0. The Labute approximate surface area is 142 Å². The highest BCUT2D eigenvalue weighted by atomic mass is 16.6. The summed E-state index contributed by atoms with van der Waals surface area (Å²) in [6, 6.07) is 11.8. The molecule has 0 saturated heterocycles. The van der Waals surface area contributed by atoms with Gasteiger partial charge in [-0.1, -0.05) is 18.2 Å². The highest BCUT2D eigenvalue weighted by Gasteiger charge is 2.30. The SMILES string of the molecule is C=CCc1ccc2c(c1)O[C@H](c1ccc(OC)c(OC)c1)[C@H](C)O2. The maximum atomic E-state index is 6.23. The third-order valence-electron chi connectivity index (χ3n) is 4.12. The maximum absolute atomic E-state index is 6.23. The molecular weight excluding hydrogens is 304 g/mol. The van der Waals surface area contributed by atoms with Gasteiger partial charge in [-0.15, -0.1) is 6.58 Å². The van der Waals surface area contributed by atoms with Crippen molar-refractivity contribution in [3.8, 4) is 23.0 Å². The van der Waals surface area contributed by atoms with Crippen LogP contribution >= 0.6 is 0 Å². The first kappa shape index (κ1) is 16.2. The molecule has 4 nitrogen and oxygen atoms in total. The van der Waals surface area contributed by atoms with E-state index in [4.69, 9.17) is 18.9 Å². The first-order valence-electron chi connectivity index (χ1n) is 7.95. The zero-order chi connectivity index (χ0) is 17.1. The van der Waals surface area contributed by atoms with E-state index in [0.717, 1.165) is 29.0 Å². The monoisotopic (exact) mass is 326 g/mol. The van der Waals surface area contributed by atoms with Gasteiger partial charge in [0.15, 0.2) is 29.1 Å². The lowest BCUT2D eigenvalue weighted by Crippen LogP contribution is -2.30. The number of hydrogen-bond acceptors (Lipinski definition) is 4. The number of hydrogen-bond donors (Lipinski definition) is 0. The number of ether oxygens (including phenoxy) is 4. The van der Waals surface area contributed by atoms with Crippen LogP contribution < -0.4 is 18.9 Å². The molecule has 1 aliphatic rings. The lowest BCUT2D eigenvalue weighted by Gasteiger charge is -2.32. The molecule has 3 rings (SSSR count). The number of rotatable bonds is 5. The molecular formula is C20H22O4. The van der Waals surface area contributed by atoms with Crippen LogP contribution in [0.25, 0.3) is 0 Å². The topological polar surface area (TPSA) is 36.9 Å². The molecule has 0 fully saturated rings. The van der Waals surface area contributed by atoms with E-state index >= 15 is 0 Å². The summed E-state index contributed by atoms with van der Waals surface area (Å²) in [7, 11) is 3.25. The summed E-state index contributed by atoms with van der Waals surface area (Å²) in [5, 5.41) is 0. The Morgan fingerprint density at radius 3 is 2.50 bits per heavy atom. The van der Waals surface area contributed by atoms with E-state index < -0.39 is 0 Å². The van der Waals surface area contributed by atoms with Gasteiger partial charge >= 0.3 is 0 Å². The molecule has 1 aliphatic heterocycles. The van der Waals surface area contributed by atoms with Crippen LogP contribution in [0.4, 0.5) is 0 Å². The van der Waals surface area contributed by atoms with E-state index in [2.05, 4.69) is 6.58 Å². The van der Waals surface area contributed by atoms with E-state index in [1.54, 1.807) is 14.2 Å². The predicted molar refractivity (Wildman–Crippen MR) is 93.3 cm³/mol. The molecule has 126 valence electrons. The molecule has 2 aromatic rings. The zero-order valence-corrected chi connectivity index (χ0v) is 14.2. The quantitative estimate of drug-likeness (QED) is 0.766. The molecule has 0 amide bonds. The minimum absolute atomic E-state index is 0.110. The second-order valence-corrected chi connectivity index (χ2v) is 5.75. The van der Waals surface area contributed by atoms with Gasteiger partial charge < -0.3 is 18.9 Å². The average Bonchev–Trinajstić information content (AvgIpc) is 2.61. The van der Waals surface area contributed by atoms with Crippen LogP contribution in [0.15, 0.2) is 49.1 Å². The Hall–Kier alpha value is -2.62. The van der Waals surface area contributed by atoms with Crippen LogP contribution in [-0.2, 0) is 6.42 Å². The third kappa shape index (κ3) is 3.04. The van der Waals surface area contributed by atoms with Crippen LogP contribution in [0, 0.1) is 0 Å². The summed E-state index contributed by atoms with van der Waals surface area (Å²) in [5.41, 5.74) is 2.13. The molecule has 0 unspecified atom stereocenters. The second-order valence-electron chi connectivity index (χ2n) is 5.75. The predicted octanol–water partition coefficient (Wildman–Crippen LogP) is 4.33. The van der Waals surface area contributed by atoms with Gasteiger partial charge in [0.2, 0.25) is 0 Å². The van der Waals surface area contributed by atoms with E-state index in [9.17, 15) is 0 Å². The first-order chi connectivity index (χ1) is 11.7. The Bertz CT molecular complexity index is 738. The summed E-state index contributed by atoms with van der Waals surface area (Å²) < 4.78 is 23.0. The molecule has 0 radical (unpaired) electrons. The minimum Gasteiger partial charge on any atom is -0.493 e. The lowest BCUT2D eigenvalue weighted by molar-refractivity contribution is 0.0304. The highest BCUT2D eigenvalue weighted by Crippen LogP contribution is 2.41. The number of benzene rings is 2. The molecule has 0 bridgehead atoms. The summed E-state index contributed by atoms with van der Waals surface area (Å²) in [6.45, 7) is 5.78. The minimum atomic E-state index is -0.212. The normalized spacial score (nSPS) is 18.8. The van der Waals surface area contributed by atoms with Crippen molar-refractivity contribution in [3.63, 3.8) is 0 Å². The van der Waals surface area contributed by atoms with Gasteiger partial charge in [0.05, 0.1) is 14.2 Å². The Morgan fingerprint density at radius 1 is 1.00 bits per heavy atom.